The fourth-order valence-electron chi connectivity index (χ4n) is 1.36. The van der Waals surface area contributed by atoms with Crippen molar-refractivity contribution in [2.75, 3.05) is 26.8 Å². The number of imidazole rings is 1. The maximum Gasteiger partial charge on any atom is 0.109 e. The van der Waals surface area contributed by atoms with E-state index in [9.17, 15) is 5.11 Å². The number of nitrogens with one attached hydrogen (secondary N) is 1. The van der Waals surface area contributed by atoms with Crippen molar-refractivity contribution >= 4 is 0 Å². The SMILES string of the molecule is COCC(O)CNCCc1nccn1C. The van der Waals surface area contributed by atoms with Crippen LogP contribution in [-0.4, -0.2) is 47.6 Å². The zero-order valence-electron chi connectivity index (χ0n) is 9.31. The summed E-state index contributed by atoms with van der Waals surface area (Å²) in [6.45, 7) is 1.74. The minimum absolute atomic E-state index is 0.370. The Morgan fingerprint density at radius 3 is 3.07 bits per heavy atom. The van der Waals surface area contributed by atoms with Crippen molar-refractivity contribution in [3.05, 3.63) is 18.2 Å². The Balaban J connectivity index is 2.09. The molecule has 2 N–H and O–H groups in total. The van der Waals surface area contributed by atoms with Crippen molar-refractivity contribution in [3.8, 4) is 0 Å². The second-order valence-electron chi connectivity index (χ2n) is 3.52. The van der Waals surface area contributed by atoms with Crippen LogP contribution in [0.3, 0.4) is 0 Å². The first-order chi connectivity index (χ1) is 7.24. The normalized spacial score (nSPS) is 13.0. The molecule has 0 radical (unpaired) electrons. The Labute approximate surface area is 90.1 Å². The summed E-state index contributed by atoms with van der Waals surface area (Å²) in [6, 6.07) is 0. The number of hydrogen-bond acceptors (Lipinski definition) is 4. The third kappa shape index (κ3) is 4.42. The lowest BCUT2D eigenvalue weighted by atomic mass is 10.3. The van der Waals surface area contributed by atoms with Crippen molar-refractivity contribution < 1.29 is 9.84 Å². The lowest BCUT2D eigenvalue weighted by Gasteiger charge is -2.10. The summed E-state index contributed by atoms with van der Waals surface area (Å²) in [7, 11) is 3.55. The van der Waals surface area contributed by atoms with Gasteiger partial charge in [-0.25, -0.2) is 4.98 Å². The van der Waals surface area contributed by atoms with Crippen LogP contribution < -0.4 is 5.32 Å². The number of aromatic nitrogens is 2. The third-order valence-electron chi connectivity index (χ3n) is 2.19. The molecule has 5 heteroatoms. The van der Waals surface area contributed by atoms with Crippen molar-refractivity contribution in [2.24, 2.45) is 7.05 Å². The molecule has 1 aromatic rings. The lowest BCUT2D eigenvalue weighted by Crippen LogP contribution is -2.31. The van der Waals surface area contributed by atoms with Crippen molar-refractivity contribution in [2.45, 2.75) is 12.5 Å². The van der Waals surface area contributed by atoms with Gasteiger partial charge >= 0.3 is 0 Å². The standard InChI is InChI=1S/C10H19N3O2/c1-13-6-5-12-10(13)3-4-11-7-9(14)8-15-2/h5-6,9,11,14H,3-4,7-8H2,1-2H3. The van der Waals surface area contributed by atoms with Crippen LogP contribution in [0.15, 0.2) is 12.4 Å². The molecule has 1 rings (SSSR count). The Hall–Kier alpha value is -0.910. The van der Waals surface area contributed by atoms with Crippen LogP contribution in [0.1, 0.15) is 5.82 Å². The number of aryl methyl sites for hydroxylation is 1. The van der Waals surface area contributed by atoms with Gasteiger partial charge in [-0.05, 0) is 0 Å². The first kappa shape index (κ1) is 12.2. The Kier molecular flexibility index (Phi) is 5.31. The molecule has 0 aliphatic carbocycles. The zero-order valence-corrected chi connectivity index (χ0v) is 9.31. The number of rotatable bonds is 7. The molecular formula is C10H19N3O2. The second-order valence-corrected chi connectivity index (χ2v) is 3.52. The maximum atomic E-state index is 9.35. The number of aliphatic hydroxyl groups is 1. The van der Waals surface area contributed by atoms with Crippen LogP contribution in [0.25, 0.3) is 0 Å². The minimum atomic E-state index is -0.434. The van der Waals surface area contributed by atoms with E-state index in [1.807, 2.05) is 17.8 Å². The van der Waals surface area contributed by atoms with Gasteiger partial charge in [0.05, 0.1) is 12.7 Å². The van der Waals surface area contributed by atoms with E-state index in [2.05, 4.69) is 10.3 Å². The third-order valence-corrected chi connectivity index (χ3v) is 2.19. The molecule has 0 fully saturated rings. The van der Waals surface area contributed by atoms with Gasteiger partial charge in [0, 0.05) is 46.1 Å². The molecule has 0 amide bonds. The summed E-state index contributed by atoms with van der Waals surface area (Å²) in [6.07, 6.45) is 4.14. The Morgan fingerprint density at radius 2 is 2.47 bits per heavy atom. The van der Waals surface area contributed by atoms with E-state index in [1.165, 1.54) is 0 Å². The summed E-state index contributed by atoms with van der Waals surface area (Å²) in [5.74, 6) is 1.05. The second kappa shape index (κ2) is 6.55. The molecule has 1 heterocycles. The van der Waals surface area contributed by atoms with Crippen LogP contribution in [0.4, 0.5) is 0 Å². The largest absolute Gasteiger partial charge is 0.389 e. The summed E-state index contributed by atoms with van der Waals surface area (Å²) in [4.78, 5) is 4.20. The zero-order chi connectivity index (χ0) is 11.1. The summed E-state index contributed by atoms with van der Waals surface area (Å²) >= 11 is 0. The smallest absolute Gasteiger partial charge is 0.109 e. The molecule has 0 saturated heterocycles. The summed E-state index contributed by atoms with van der Waals surface area (Å²) in [5.41, 5.74) is 0. The predicted molar refractivity (Wildman–Crippen MR) is 57.7 cm³/mol. The highest BCUT2D eigenvalue weighted by molar-refractivity contribution is 4.91. The Bertz CT molecular complexity index is 275. The van der Waals surface area contributed by atoms with Crippen molar-refractivity contribution in [3.63, 3.8) is 0 Å². The number of nitrogens with zero attached hydrogens (tertiary/aromatic N) is 2. The molecule has 0 aromatic carbocycles. The van der Waals surface area contributed by atoms with E-state index >= 15 is 0 Å². The molecule has 15 heavy (non-hydrogen) atoms. The van der Waals surface area contributed by atoms with Crippen LogP contribution in [0.5, 0.6) is 0 Å². The molecule has 5 nitrogen and oxygen atoms in total. The van der Waals surface area contributed by atoms with Gasteiger partial charge in [-0.3, -0.25) is 0 Å². The van der Waals surface area contributed by atoms with Gasteiger partial charge in [0.2, 0.25) is 0 Å². The minimum Gasteiger partial charge on any atom is -0.389 e. The molecular weight excluding hydrogens is 194 g/mol. The quantitative estimate of drug-likeness (QED) is 0.603. The average molecular weight is 213 g/mol. The molecule has 1 atom stereocenters. The van der Waals surface area contributed by atoms with Crippen LogP contribution in [-0.2, 0) is 18.2 Å². The highest BCUT2D eigenvalue weighted by Crippen LogP contribution is 1.93. The lowest BCUT2D eigenvalue weighted by molar-refractivity contribution is 0.0647. The average Bonchev–Trinajstić information content (AvgIpc) is 2.60. The van der Waals surface area contributed by atoms with Crippen molar-refractivity contribution in [1.29, 1.82) is 0 Å². The molecule has 0 bridgehead atoms. The van der Waals surface area contributed by atoms with E-state index in [4.69, 9.17) is 4.74 Å². The number of ether oxygens (including phenoxy) is 1. The summed E-state index contributed by atoms with van der Waals surface area (Å²) in [5, 5.41) is 12.5. The topological polar surface area (TPSA) is 59.3 Å². The molecule has 0 saturated carbocycles. The van der Waals surface area contributed by atoms with E-state index < -0.39 is 6.10 Å². The van der Waals surface area contributed by atoms with Crippen LogP contribution in [0.2, 0.25) is 0 Å². The van der Waals surface area contributed by atoms with Crippen LogP contribution >= 0.6 is 0 Å². The van der Waals surface area contributed by atoms with Gasteiger partial charge in [-0.2, -0.15) is 0 Å². The van der Waals surface area contributed by atoms with Crippen LogP contribution in [0, 0.1) is 0 Å². The molecule has 0 aliphatic rings. The fraction of sp³-hybridized carbons (Fsp3) is 0.700. The molecule has 1 aromatic heterocycles. The first-order valence-electron chi connectivity index (χ1n) is 5.08. The molecule has 1 unspecified atom stereocenters. The molecule has 86 valence electrons. The van der Waals surface area contributed by atoms with Gasteiger partial charge in [-0.15, -0.1) is 0 Å². The maximum absolute atomic E-state index is 9.35. The highest BCUT2D eigenvalue weighted by Gasteiger charge is 2.03. The summed E-state index contributed by atoms with van der Waals surface area (Å²) < 4.78 is 6.81. The number of hydrogen-bond donors (Lipinski definition) is 2. The van der Waals surface area contributed by atoms with E-state index in [0.717, 1.165) is 18.8 Å². The number of methoxy groups -OCH3 is 1. The van der Waals surface area contributed by atoms with Gasteiger partial charge < -0.3 is 19.7 Å². The van der Waals surface area contributed by atoms with Gasteiger partial charge in [0.15, 0.2) is 0 Å². The van der Waals surface area contributed by atoms with Crippen molar-refractivity contribution in [1.82, 2.24) is 14.9 Å². The Morgan fingerprint density at radius 1 is 1.67 bits per heavy atom. The first-order valence-corrected chi connectivity index (χ1v) is 5.08. The van der Waals surface area contributed by atoms with Gasteiger partial charge in [0.1, 0.15) is 5.82 Å². The monoisotopic (exact) mass is 213 g/mol. The van der Waals surface area contributed by atoms with E-state index in [-0.39, 0.29) is 0 Å². The van der Waals surface area contributed by atoms with E-state index in [0.29, 0.717) is 13.2 Å². The van der Waals surface area contributed by atoms with E-state index in [1.54, 1.807) is 13.3 Å². The molecule has 0 spiro atoms. The number of aliphatic hydroxyl groups excluding tert-OH is 1. The fourth-order valence-corrected chi connectivity index (χ4v) is 1.36. The highest BCUT2D eigenvalue weighted by atomic mass is 16.5. The van der Waals surface area contributed by atoms with Gasteiger partial charge in [0.25, 0.3) is 0 Å². The molecule has 0 aliphatic heterocycles. The van der Waals surface area contributed by atoms with Gasteiger partial charge in [-0.1, -0.05) is 0 Å². The predicted octanol–water partition coefficient (Wildman–Crippen LogP) is -0.440.